The van der Waals surface area contributed by atoms with Gasteiger partial charge in [0, 0.05) is 24.6 Å². The zero-order valence-corrected chi connectivity index (χ0v) is 11.7. The summed E-state index contributed by atoms with van der Waals surface area (Å²) in [6.45, 7) is 1.30. The van der Waals surface area contributed by atoms with Gasteiger partial charge in [0.2, 0.25) is 5.91 Å². The van der Waals surface area contributed by atoms with E-state index in [2.05, 4.69) is 5.32 Å². The van der Waals surface area contributed by atoms with Crippen molar-refractivity contribution in [2.24, 2.45) is 0 Å². The van der Waals surface area contributed by atoms with Crippen molar-refractivity contribution in [3.63, 3.8) is 0 Å². The average Bonchev–Trinajstić information content (AvgIpc) is 2.47. The molecule has 0 saturated carbocycles. The molecule has 7 heteroatoms. The summed E-state index contributed by atoms with van der Waals surface area (Å²) in [7, 11) is 0. The van der Waals surface area contributed by atoms with Crippen LogP contribution in [0.4, 0.5) is 5.69 Å². The summed E-state index contributed by atoms with van der Waals surface area (Å²) in [6.07, 6.45) is 0. The first-order chi connectivity index (χ1) is 10.4. The highest BCUT2D eigenvalue weighted by atomic mass is 16.6. The van der Waals surface area contributed by atoms with E-state index in [9.17, 15) is 25.1 Å². The van der Waals surface area contributed by atoms with E-state index in [1.165, 1.54) is 43.3 Å². The van der Waals surface area contributed by atoms with Gasteiger partial charge in [0.1, 0.15) is 11.5 Å². The Hall–Kier alpha value is -3.09. The first-order valence-electron chi connectivity index (χ1n) is 6.42. The number of nitro benzene ring substituents is 1. The number of aromatic hydroxyl groups is 2. The van der Waals surface area contributed by atoms with E-state index in [-0.39, 0.29) is 28.7 Å². The highest BCUT2D eigenvalue weighted by Crippen LogP contribution is 2.33. The van der Waals surface area contributed by atoms with Crippen LogP contribution in [-0.2, 0) is 4.79 Å². The number of nitrogens with zero attached hydrogens (tertiary/aromatic N) is 1. The highest BCUT2D eigenvalue weighted by Gasteiger charge is 2.21. The van der Waals surface area contributed by atoms with Crippen molar-refractivity contribution in [2.45, 2.75) is 13.0 Å². The van der Waals surface area contributed by atoms with Crippen LogP contribution in [0.15, 0.2) is 42.5 Å². The van der Waals surface area contributed by atoms with Crippen molar-refractivity contribution < 1.29 is 19.9 Å². The minimum absolute atomic E-state index is 0.0893. The number of hydrogen-bond acceptors (Lipinski definition) is 5. The normalized spacial score (nSPS) is 11.7. The number of non-ortho nitro benzene ring substituents is 1. The van der Waals surface area contributed by atoms with E-state index in [1.54, 1.807) is 6.07 Å². The maximum Gasteiger partial charge on any atom is 0.269 e. The first kappa shape index (κ1) is 15.3. The summed E-state index contributed by atoms with van der Waals surface area (Å²) in [5.74, 6) is -0.601. The predicted molar refractivity (Wildman–Crippen MR) is 78.5 cm³/mol. The van der Waals surface area contributed by atoms with Gasteiger partial charge in [-0.2, -0.15) is 0 Å². The van der Waals surface area contributed by atoms with E-state index >= 15 is 0 Å². The van der Waals surface area contributed by atoms with E-state index in [4.69, 9.17) is 0 Å². The number of hydrogen-bond donors (Lipinski definition) is 3. The highest BCUT2D eigenvalue weighted by molar-refractivity contribution is 5.74. The van der Waals surface area contributed by atoms with E-state index in [0.29, 0.717) is 5.56 Å². The van der Waals surface area contributed by atoms with Crippen LogP contribution >= 0.6 is 0 Å². The van der Waals surface area contributed by atoms with Crippen LogP contribution < -0.4 is 5.32 Å². The van der Waals surface area contributed by atoms with Gasteiger partial charge < -0.3 is 15.5 Å². The number of carbonyl (C=O) groups is 1. The molecule has 0 aliphatic rings. The van der Waals surface area contributed by atoms with Crippen molar-refractivity contribution in [3.05, 3.63) is 63.7 Å². The Bertz CT molecular complexity index is 730. The summed E-state index contributed by atoms with van der Waals surface area (Å²) < 4.78 is 0. The Labute approximate surface area is 126 Å². The maximum absolute atomic E-state index is 11.4. The van der Waals surface area contributed by atoms with Crippen LogP contribution in [0, 0.1) is 10.1 Å². The van der Waals surface area contributed by atoms with Crippen LogP contribution in [0.25, 0.3) is 0 Å². The predicted octanol–water partition coefficient (Wildman–Crippen LogP) is 2.23. The maximum atomic E-state index is 11.4. The number of nitrogens with one attached hydrogen (secondary N) is 1. The van der Waals surface area contributed by atoms with Gasteiger partial charge >= 0.3 is 0 Å². The van der Waals surface area contributed by atoms with Crippen molar-refractivity contribution in [1.29, 1.82) is 0 Å². The quantitative estimate of drug-likeness (QED) is 0.455. The van der Waals surface area contributed by atoms with Gasteiger partial charge in [-0.1, -0.05) is 12.1 Å². The molecule has 0 saturated heterocycles. The molecule has 0 unspecified atom stereocenters. The summed E-state index contributed by atoms with van der Waals surface area (Å²) in [6, 6.07) is 8.80. The van der Waals surface area contributed by atoms with Crippen LogP contribution in [-0.4, -0.2) is 21.0 Å². The van der Waals surface area contributed by atoms with Crippen molar-refractivity contribution in [2.75, 3.05) is 0 Å². The smallest absolute Gasteiger partial charge is 0.269 e. The van der Waals surface area contributed by atoms with E-state index < -0.39 is 11.0 Å². The molecule has 0 fully saturated rings. The molecule has 7 nitrogen and oxygen atoms in total. The Kier molecular flexibility index (Phi) is 4.26. The number of phenols is 2. The molecule has 0 aromatic heterocycles. The number of benzene rings is 2. The lowest BCUT2D eigenvalue weighted by Crippen LogP contribution is -2.27. The first-order valence-corrected chi connectivity index (χ1v) is 6.42. The van der Waals surface area contributed by atoms with Crippen molar-refractivity contribution >= 4 is 11.6 Å². The van der Waals surface area contributed by atoms with Gasteiger partial charge in [-0.15, -0.1) is 0 Å². The zero-order chi connectivity index (χ0) is 16.3. The molecular weight excluding hydrogens is 288 g/mol. The monoisotopic (exact) mass is 302 g/mol. The molecule has 0 bridgehead atoms. The van der Waals surface area contributed by atoms with Crippen LogP contribution in [0.1, 0.15) is 24.1 Å². The third-order valence-corrected chi connectivity index (χ3v) is 3.08. The molecule has 3 N–H and O–H groups in total. The zero-order valence-electron chi connectivity index (χ0n) is 11.7. The molecule has 0 aliphatic carbocycles. The number of rotatable bonds is 4. The summed E-state index contributed by atoms with van der Waals surface area (Å²) in [4.78, 5) is 21.8. The average molecular weight is 302 g/mol. The molecule has 0 spiro atoms. The Morgan fingerprint density at radius 3 is 2.59 bits per heavy atom. The fourth-order valence-corrected chi connectivity index (χ4v) is 2.13. The van der Waals surface area contributed by atoms with Gasteiger partial charge in [-0.25, -0.2) is 0 Å². The molecule has 2 aromatic rings. The van der Waals surface area contributed by atoms with E-state index in [0.717, 1.165) is 0 Å². The Balaban J connectivity index is 2.55. The topological polar surface area (TPSA) is 113 Å². The molecule has 1 atom stereocenters. The Morgan fingerprint density at radius 2 is 1.95 bits per heavy atom. The molecule has 0 heterocycles. The summed E-state index contributed by atoms with van der Waals surface area (Å²) in [5.41, 5.74) is 0.536. The second kappa shape index (κ2) is 6.13. The number of nitro groups is 1. The summed E-state index contributed by atoms with van der Waals surface area (Å²) >= 11 is 0. The molecular formula is C15H14N2O5. The van der Waals surface area contributed by atoms with E-state index in [1.807, 2.05) is 0 Å². The standard InChI is InChI=1S/C15H14N2O5/c1-9(18)16-15(13-8-12(19)5-6-14(13)20)10-3-2-4-11(7-10)17(21)22/h2-8,15,19-20H,1H3,(H,16,18)/t15-/m1/s1. The molecule has 0 radical (unpaired) electrons. The van der Waals surface area contributed by atoms with Gasteiger partial charge in [0.05, 0.1) is 11.0 Å². The lowest BCUT2D eigenvalue weighted by Gasteiger charge is -2.20. The molecule has 2 aromatic carbocycles. The SMILES string of the molecule is CC(=O)N[C@H](c1cccc([N+](=O)[O-])c1)c1cc(O)ccc1O. The van der Waals surface area contributed by atoms with Crippen LogP contribution in [0.5, 0.6) is 11.5 Å². The third kappa shape index (κ3) is 3.32. The second-order valence-electron chi connectivity index (χ2n) is 4.73. The van der Waals surface area contributed by atoms with Gasteiger partial charge in [0.15, 0.2) is 0 Å². The largest absolute Gasteiger partial charge is 0.508 e. The van der Waals surface area contributed by atoms with Gasteiger partial charge in [0.25, 0.3) is 5.69 Å². The third-order valence-electron chi connectivity index (χ3n) is 3.08. The molecule has 2 rings (SSSR count). The number of phenolic OH excluding ortho intramolecular Hbond substituents is 2. The molecule has 114 valence electrons. The molecule has 22 heavy (non-hydrogen) atoms. The lowest BCUT2D eigenvalue weighted by atomic mass is 9.97. The minimum atomic E-state index is -0.815. The Morgan fingerprint density at radius 1 is 1.23 bits per heavy atom. The second-order valence-corrected chi connectivity index (χ2v) is 4.73. The molecule has 0 aliphatic heterocycles. The van der Waals surface area contributed by atoms with Gasteiger partial charge in [-0.3, -0.25) is 14.9 Å². The lowest BCUT2D eigenvalue weighted by molar-refractivity contribution is -0.384. The van der Waals surface area contributed by atoms with Crippen molar-refractivity contribution in [1.82, 2.24) is 5.32 Å². The fraction of sp³-hybridized carbons (Fsp3) is 0.133. The van der Waals surface area contributed by atoms with Gasteiger partial charge in [-0.05, 0) is 23.8 Å². The number of carbonyl (C=O) groups excluding carboxylic acids is 1. The van der Waals surface area contributed by atoms with Crippen LogP contribution in [0.2, 0.25) is 0 Å². The fourth-order valence-electron chi connectivity index (χ4n) is 2.13. The summed E-state index contributed by atoms with van der Waals surface area (Å²) in [5, 5.41) is 33.0. The van der Waals surface area contributed by atoms with Crippen LogP contribution in [0.3, 0.4) is 0 Å². The number of amides is 1. The van der Waals surface area contributed by atoms with Crippen molar-refractivity contribution in [3.8, 4) is 11.5 Å². The molecule has 1 amide bonds. The minimum Gasteiger partial charge on any atom is -0.508 e.